The molecule has 2 aliphatic rings. The average Bonchev–Trinajstić information content (AvgIpc) is 2.87. The highest BCUT2D eigenvalue weighted by atomic mass is 79.9. The highest BCUT2D eigenvalue weighted by molar-refractivity contribution is 9.09. The molecule has 0 aromatic rings. The predicted molar refractivity (Wildman–Crippen MR) is 142 cm³/mol. The first-order valence-corrected chi connectivity index (χ1v) is 14.1. The van der Waals surface area contributed by atoms with E-state index in [1.807, 2.05) is 0 Å². The van der Waals surface area contributed by atoms with Crippen LogP contribution in [0.2, 0.25) is 0 Å². The third kappa shape index (κ3) is 11.0. The van der Waals surface area contributed by atoms with E-state index in [1.165, 1.54) is 0 Å². The van der Waals surface area contributed by atoms with Crippen molar-refractivity contribution in [2.75, 3.05) is 13.2 Å². The molecule has 0 spiro atoms. The summed E-state index contributed by atoms with van der Waals surface area (Å²) in [5, 5.41) is -1.09. The van der Waals surface area contributed by atoms with Gasteiger partial charge in [0.1, 0.15) is 18.8 Å². The van der Waals surface area contributed by atoms with Crippen molar-refractivity contribution < 1.29 is 80.9 Å². The van der Waals surface area contributed by atoms with Crippen molar-refractivity contribution in [3.05, 3.63) is 0 Å². The van der Waals surface area contributed by atoms with Gasteiger partial charge in [0, 0.05) is 48.5 Å². The molecule has 18 heteroatoms. The number of hydrogen-bond acceptors (Lipinski definition) is 17. The molecule has 0 aliphatic carbocycles. The van der Waals surface area contributed by atoms with Crippen molar-refractivity contribution >= 4 is 57.7 Å². The molecule has 0 saturated carbocycles. The van der Waals surface area contributed by atoms with E-state index >= 15 is 0 Å². The van der Waals surface area contributed by atoms with Crippen molar-refractivity contribution in [2.45, 2.75) is 109 Å². The van der Waals surface area contributed by atoms with Crippen LogP contribution in [-0.4, -0.2) is 115 Å². The van der Waals surface area contributed by atoms with Crippen molar-refractivity contribution in [3.63, 3.8) is 0 Å². The Labute approximate surface area is 260 Å². The van der Waals surface area contributed by atoms with Gasteiger partial charge in [0.15, 0.2) is 47.9 Å². The number of alkyl halides is 1. The van der Waals surface area contributed by atoms with Gasteiger partial charge in [0.05, 0.1) is 6.61 Å². The van der Waals surface area contributed by atoms with Crippen LogP contribution in [0.15, 0.2) is 0 Å². The molecular formula is C26H35BrO17. The fourth-order valence-corrected chi connectivity index (χ4v) is 5.17. The van der Waals surface area contributed by atoms with Crippen molar-refractivity contribution in [3.8, 4) is 0 Å². The van der Waals surface area contributed by atoms with Crippen molar-refractivity contribution in [2.24, 2.45) is 0 Å². The topological polar surface area (TPSA) is 212 Å². The summed E-state index contributed by atoms with van der Waals surface area (Å²) in [4.78, 5) is 83.3. The van der Waals surface area contributed by atoms with Gasteiger partial charge in [-0.3, -0.25) is 33.6 Å². The minimum absolute atomic E-state index is 0.490. The minimum atomic E-state index is -1.58. The monoisotopic (exact) mass is 698 g/mol. The first-order valence-electron chi connectivity index (χ1n) is 13.2. The van der Waals surface area contributed by atoms with Crippen LogP contribution in [0.4, 0.5) is 0 Å². The van der Waals surface area contributed by atoms with Crippen LogP contribution in [0.3, 0.4) is 0 Å². The summed E-state index contributed by atoms with van der Waals surface area (Å²) < 4.78 is 54.8. The molecule has 0 aromatic heterocycles. The largest absolute Gasteiger partial charge is 0.463 e. The number of ether oxygens (including phenoxy) is 10. The van der Waals surface area contributed by atoms with Gasteiger partial charge in [0.25, 0.3) is 0 Å². The summed E-state index contributed by atoms with van der Waals surface area (Å²) in [5.74, 6) is -5.55. The Bertz CT molecular complexity index is 1090. The molecule has 0 radical (unpaired) electrons. The summed E-state index contributed by atoms with van der Waals surface area (Å²) in [6.07, 6.45) is -12.5. The first kappa shape index (κ1) is 36.8. The molecule has 2 aliphatic heterocycles. The zero-order valence-corrected chi connectivity index (χ0v) is 26.6. The zero-order valence-electron chi connectivity index (χ0n) is 25.0. The summed E-state index contributed by atoms with van der Waals surface area (Å²) in [5.41, 5.74) is 0. The molecule has 0 N–H and O–H groups in total. The molecule has 2 heterocycles. The van der Waals surface area contributed by atoms with Crippen LogP contribution in [-0.2, 0) is 80.9 Å². The Morgan fingerprint density at radius 3 is 1.27 bits per heavy atom. The Morgan fingerprint density at radius 2 is 0.841 bits per heavy atom. The number of rotatable bonds is 11. The van der Waals surface area contributed by atoms with E-state index in [0.29, 0.717) is 0 Å². The number of carbonyl (C=O) groups is 7. The quantitative estimate of drug-likeness (QED) is 0.158. The van der Waals surface area contributed by atoms with Gasteiger partial charge in [0.2, 0.25) is 0 Å². The van der Waals surface area contributed by atoms with E-state index in [1.54, 1.807) is 0 Å². The van der Waals surface area contributed by atoms with E-state index in [4.69, 9.17) is 47.4 Å². The van der Waals surface area contributed by atoms with Crippen LogP contribution in [0, 0.1) is 0 Å². The lowest BCUT2D eigenvalue weighted by Crippen LogP contribution is -2.64. The molecule has 2 fully saturated rings. The number of hydrogen-bond donors (Lipinski definition) is 0. The van der Waals surface area contributed by atoms with Crippen LogP contribution < -0.4 is 0 Å². The van der Waals surface area contributed by atoms with E-state index in [2.05, 4.69) is 15.9 Å². The van der Waals surface area contributed by atoms with E-state index in [9.17, 15) is 33.6 Å². The number of carbonyl (C=O) groups excluding carboxylic acids is 7. The second kappa shape index (κ2) is 16.6. The summed E-state index contributed by atoms with van der Waals surface area (Å²) >= 11 is 3.23. The van der Waals surface area contributed by atoms with Gasteiger partial charge in [-0.05, 0) is 0 Å². The summed E-state index contributed by atoms with van der Waals surface area (Å²) in [6, 6.07) is 0. The Kier molecular flexibility index (Phi) is 13.9. The highest BCUT2D eigenvalue weighted by Crippen LogP contribution is 2.34. The maximum Gasteiger partial charge on any atom is 0.303 e. The van der Waals surface area contributed by atoms with E-state index in [-0.39, 0.29) is 0 Å². The molecule has 0 bridgehead atoms. The molecule has 0 unspecified atom stereocenters. The molecule has 2 saturated heterocycles. The smallest absolute Gasteiger partial charge is 0.303 e. The van der Waals surface area contributed by atoms with Gasteiger partial charge < -0.3 is 47.4 Å². The predicted octanol–water partition coefficient (Wildman–Crippen LogP) is 0.00100. The zero-order chi connectivity index (χ0) is 33.3. The number of halogens is 1. The highest BCUT2D eigenvalue weighted by Gasteiger charge is 2.55. The summed E-state index contributed by atoms with van der Waals surface area (Å²) in [7, 11) is 0. The van der Waals surface area contributed by atoms with E-state index < -0.39 is 115 Å². The Hall–Kier alpha value is -3.35. The van der Waals surface area contributed by atoms with Crippen molar-refractivity contribution in [1.82, 2.24) is 0 Å². The summed E-state index contributed by atoms with van der Waals surface area (Å²) in [6.45, 7) is 6.61. The molecule has 44 heavy (non-hydrogen) atoms. The van der Waals surface area contributed by atoms with Crippen LogP contribution in [0.1, 0.15) is 48.5 Å². The second-order valence-corrected chi connectivity index (χ2v) is 10.6. The van der Waals surface area contributed by atoms with Gasteiger partial charge in [-0.25, -0.2) is 0 Å². The molecule has 2 rings (SSSR count). The van der Waals surface area contributed by atoms with Crippen molar-refractivity contribution in [1.29, 1.82) is 0 Å². The second-order valence-electron chi connectivity index (χ2n) is 9.65. The van der Waals surface area contributed by atoms with Crippen LogP contribution >= 0.6 is 15.9 Å². The SMILES string of the molecule is CC(=O)OC[C@H]1O[C@H](OC[C@H]2O[C@@H](Br)[C@H](OC(C)=O)[C@@H](OC(C)=O)[C@H]2OC(C)=O)[C@@H](OC(C)=O)[C@@H](OC(C)=O)[C@@H]1OC(C)=O. The lowest BCUT2D eigenvalue weighted by atomic mass is 9.97. The van der Waals surface area contributed by atoms with Crippen LogP contribution in [0.25, 0.3) is 0 Å². The minimum Gasteiger partial charge on any atom is -0.463 e. The normalized spacial score (nSPS) is 31.5. The Balaban J connectivity index is 2.48. The van der Waals surface area contributed by atoms with Crippen LogP contribution in [0.5, 0.6) is 0 Å². The van der Waals surface area contributed by atoms with Gasteiger partial charge in [-0.2, -0.15) is 0 Å². The standard InChI is InChI=1S/C26H35BrO17/c1-10(28)35-8-18-20(38-12(3)30)22(40-14(5)32)24(42-16(7)34)26(44-18)36-9-17-19(37-11(2)29)21(39-13(4)31)23(25(27)43-17)41-15(6)33/h17-26H,8-9H2,1-7H3/t17-,18-,19+,20-,21+,22+,23-,24+,25-,26+/m1/s1. The van der Waals surface area contributed by atoms with Gasteiger partial charge in [-0.1, -0.05) is 15.9 Å². The fraction of sp³-hybridized carbons (Fsp3) is 0.731. The Morgan fingerprint density at radius 1 is 0.477 bits per heavy atom. The molecule has 0 amide bonds. The van der Waals surface area contributed by atoms with E-state index in [0.717, 1.165) is 48.5 Å². The molecule has 0 aromatic carbocycles. The average molecular weight is 699 g/mol. The first-order chi connectivity index (χ1) is 20.5. The third-order valence-corrected chi connectivity index (χ3v) is 6.59. The molecule has 248 valence electrons. The molecule has 10 atom stereocenters. The molecule has 17 nitrogen and oxygen atoms in total. The third-order valence-electron chi connectivity index (χ3n) is 5.86. The lowest BCUT2D eigenvalue weighted by molar-refractivity contribution is -0.317. The molecular weight excluding hydrogens is 664 g/mol. The van der Waals surface area contributed by atoms with Gasteiger partial charge in [-0.15, -0.1) is 0 Å². The number of esters is 7. The lowest BCUT2D eigenvalue weighted by Gasteiger charge is -2.45. The fourth-order valence-electron chi connectivity index (χ4n) is 4.49. The van der Waals surface area contributed by atoms with Gasteiger partial charge >= 0.3 is 41.8 Å². The maximum atomic E-state index is 12.1. The maximum absolute atomic E-state index is 12.1.